The molecule has 1 aliphatic rings. The number of esters is 1. The molecular weight excluding hydrogens is 312 g/mol. The first-order valence-corrected chi connectivity index (χ1v) is 7.75. The van der Waals surface area contributed by atoms with Crippen LogP contribution in [-0.2, 0) is 9.53 Å². The third kappa shape index (κ3) is 4.38. The van der Waals surface area contributed by atoms with Crippen LogP contribution in [0.15, 0.2) is 18.2 Å². The van der Waals surface area contributed by atoms with Gasteiger partial charge < -0.3 is 19.9 Å². The van der Waals surface area contributed by atoms with Crippen LogP contribution in [0.2, 0.25) is 0 Å². The summed E-state index contributed by atoms with van der Waals surface area (Å²) in [5, 5.41) is 9.15. The van der Waals surface area contributed by atoms with Crippen LogP contribution in [0.1, 0.15) is 36.0 Å². The molecule has 1 saturated carbocycles. The van der Waals surface area contributed by atoms with E-state index in [0.717, 1.165) is 19.3 Å². The third-order valence-corrected chi connectivity index (χ3v) is 3.90. The van der Waals surface area contributed by atoms with Gasteiger partial charge in [0.25, 0.3) is 5.91 Å². The first-order chi connectivity index (χ1) is 11.5. The normalized spacial score (nSPS) is 19.8. The van der Waals surface area contributed by atoms with E-state index in [-0.39, 0.29) is 18.6 Å². The fourth-order valence-electron chi connectivity index (χ4n) is 2.65. The number of rotatable bonds is 6. The van der Waals surface area contributed by atoms with Gasteiger partial charge in [-0.3, -0.25) is 4.79 Å². The maximum Gasteiger partial charge on any atom is 0.338 e. The molecule has 24 heavy (non-hydrogen) atoms. The molecule has 1 aliphatic carbocycles. The molecule has 2 unspecified atom stereocenters. The highest BCUT2D eigenvalue weighted by molar-refractivity contribution is 5.90. The summed E-state index contributed by atoms with van der Waals surface area (Å²) in [5.74, 6) is -0.781. The summed E-state index contributed by atoms with van der Waals surface area (Å²) in [6.45, 7) is -0.286. The smallest absolute Gasteiger partial charge is 0.338 e. The van der Waals surface area contributed by atoms with E-state index in [0.29, 0.717) is 23.5 Å². The van der Waals surface area contributed by atoms with Crippen LogP contribution < -0.4 is 15.2 Å². The Morgan fingerprint density at radius 2 is 2.04 bits per heavy atom. The molecule has 0 heterocycles. The summed E-state index contributed by atoms with van der Waals surface area (Å²) in [5.41, 5.74) is 5.33. The number of nitriles is 1. The molecule has 0 bridgehead atoms. The monoisotopic (exact) mass is 332 g/mol. The van der Waals surface area contributed by atoms with Crippen LogP contribution in [0.3, 0.4) is 0 Å². The van der Waals surface area contributed by atoms with E-state index in [1.807, 2.05) is 0 Å². The molecular formula is C17H20N2O5. The largest absolute Gasteiger partial charge is 0.493 e. The predicted octanol–water partition coefficient (Wildman–Crippen LogP) is 1.80. The van der Waals surface area contributed by atoms with Crippen LogP contribution in [0, 0.1) is 17.2 Å². The molecule has 0 aromatic heterocycles. The highest BCUT2D eigenvalue weighted by atomic mass is 16.5. The van der Waals surface area contributed by atoms with Gasteiger partial charge in [0.05, 0.1) is 24.7 Å². The lowest BCUT2D eigenvalue weighted by atomic mass is 9.87. The number of hydrogen-bond donors (Lipinski definition) is 1. The van der Waals surface area contributed by atoms with Crippen LogP contribution in [0.4, 0.5) is 0 Å². The SMILES string of the molecule is COc1cc(C(=O)OC2CCCCC2C#N)ccc1OCC(N)=O. The van der Waals surface area contributed by atoms with E-state index in [1.165, 1.54) is 25.3 Å². The van der Waals surface area contributed by atoms with Crippen molar-refractivity contribution < 1.29 is 23.8 Å². The Bertz CT molecular complexity index is 653. The fraction of sp³-hybridized carbons (Fsp3) is 0.471. The Morgan fingerprint density at radius 1 is 1.29 bits per heavy atom. The van der Waals surface area contributed by atoms with Crippen molar-refractivity contribution in [3.63, 3.8) is 0 Å². The van der Waals surface area contributed by atoms with Crippen LogP contribution in [0.5, 0.6) is 11.5 Å². The second kappa shape index (κ2) is 8.20. The van der Waals surface area contributed by atoms with Crippen LogP contribution in [-0.4, -0.2) is 31.7 Å². The number of nitrogens with two attached hydrogens (primary N) is 1. The molecule has 1 aromatic carbocycles. The second-order valence-corrected chi connectivity index (χ2v) is 5.58. The molecule has 0 aliphatic heterocycles. The lowest BCUT2D eigenvalue weighted by Crippen LogP contribution is -2.29. The minimum absolute atomic E-state index is 0.261. The lowest BCUT2D eigenvalue weighted by molar-refractivity contribution is -0.119. The van der Waals surface area contributed by atoms with Crippen LogP contribution in [0.25, 0.3) is 0 Å². The van der Waals surface area contributed by atoms with E-state index in [9.17, 15) is 9.59 Å². The zero-order valence-electron chi connectivity index (χ0n) is 13.5. The summed E-state index contributed by atoms with van der Waals surface area (Å²) in [6, 6.07) is 6.71. The Balaban J connectivity index is 2.09. The van der Waals surface area contributed by atoms with E-state index in [4.69, 9.17) is 25.2 Å². The standard InChI is InChI=1S/C17H20N2O5/c1-22-15-8-11(6-7-14(15)23-10-16(19)20)17(21)24-13-5-3-2-4-12(13)9-18/h6-8,12-13H,2-5,10H2,1H3,(H2,19,20). The number of carbonyl (C=O) groups is 2. The number of carbonyl (C=O) groups excluding carboxylic acids is 2. The molecule has 0 radical (unpaired) electrons. The molecule has 2 atom stereocenters. The summed E-state index contributed by atoms with van der Waals surface area (Å²) < 4.78 is 15.9. The second-order valence-electron chi connectivity index (χ2n) is 5.58. The van der Waals surface area contributed by atoms with Gasteiger partial charge in [-0.2, -0.15) is 5.26 Å². The summed E-state index contributed by atoms with van der Waals surface area (Å²) in [7, 11) is 1.43. The number of amides is 1. The van der Waals surface area contributed by atoms with Gasteiger partial charge in [0.2, 0.25) is 0 Å². The minimum atomic E-state index is -0.611. The van der Waals surface area contributed by atoms with E-state index in [1.54, 1.807) is 0 Å². The van der Waals surface area contributed by atoms with Gasteiger partial charge in [-0.1, -0.05) is 6.42 Å². The Morgan fingerprint density at radius 3 is 2.71 bits per heavy atom. The maximum atomic E-state index is 12.3. The molecule has 1 fully saturated rings. The predicted molar refractivity (Wildman–Crippen MR) is 84.5 cm³/mol. The molecule has 0 saturated heterocycles. The Labute approximate surface area is 140 Å². The molecule has 2 rings (SSSR count). The topological polar surface area (TPSA) is 112 Å². The number of primary amides is 1. The molecule has 1 amide bonds. The average molecular weight is 332 g/mol. The van der Waals surface area contributed by atoms with Crippen molar-refractivity contribution in [3.05, 3.63) is 23.8 Å². The Kier molecular flexibility index (Phi) is 6.01. The molecule has 1 aromatic rings. The van der Waals surface area contributed by atoms with Crippen molar-refractivity contribution in [3.8, 4) is 17.6 Å². The highest BCUT2D eigenvalue weighted by Gasteiger charge is 2.28. The van der Waals surface area contributed by atoms with Crippen LogP contribution >= 0.6 is 0 Å². The summed E-state index contributed by atoms with van der Waals surface area (Å²) in [6.07, 6.45) is 2.98. The number of methoxy groups -OCH3 is 1. The maximum absolute atomic E-state index is 12.3. The average Bonchev–Trinajstić information content (AvgIpc) is 2.60. The van der Waals surface area contributed by atoms with Gasteiger partial charge in [-0.05, 0) is 37.5 Å². The van der Waals surface area contributed by atoms with Gasteiger partial charge in [0.15, 0.2) is 18.1 Å². The van der Waals surface area contributed by atoms with Crippen molar-refractivity contribution >= 4 is 11.9 Å². The van der Waals surface area contributed by atoms with Gasteiger partial charge in [-0.15, -0.1) is 0 Å². The number of benzene rings is 1. The number of hydrogen-bond acceptors (Lipinski definition) is 6. The first kappa shape index (κ1) is 17.6. The molecule has 0 spiro atoms. The van der Waals surface area contributed by atoms with E-state index in [2.05, 4.69) is 6.07 Å². The lowest BCUT2D eigenvalue weighted by Gasteiger charge is -2.26. The van der Waals surface area contributed by atoms with Crippen molar-refractivity contribution in [1.82, 2.24) is 0 Å². The zero-order valence-corrected chi connectivity index (χ0v) is 13.5. The van der Waals surface area contributed by atoms with Gasteiger partial charge in [-0.25, -0.2) is 4.79 Å². The van der Waals surface area contributed by atoms with Gasteiger partial charge >= 0.3 is 5.97 Å². The summed E-state index contributed by atoms with van der Waals surface area (Å²) in [4.78, 5) is 23.1. The van der Waals surface area contributed by atoms with Crippen molar-refractivity contribution in [2.45, 2.75) is 31.8 Å². The molecule has 7 nitrogen and oxygen atoms in total. The number of ether oxygens (including phenoxy) is 3. The van der Waals surface area contributed by atoms with Crippen molar-refractivity contribution in [1.29, 1.82) is 5.26 Å². The fourth-order valence-corrected chi connectivity index (χ4v) is 2.65. The Hall–Kier alpha value is -2.75. The first-order valence-electron chi connectivity index (χ1n) is 7.75. The number of nitrogens with zero attached hydrogens (tertiary/aromatic N) is 1. The zero-order chi connectivity index (χ0) is 17.5. The van der Waals surface area contributed by atoms with Gasteiger partial charge in [0.1, 0.15) is 6.10 Å². The van der Waals surface area contributed by atoms with Crippen molar-refractivity contribution in [2.24, 2.45) is 11.7 Å². The highest BCUT2D eigenvalue weighted by Crippen LogP contribution is 2.30. The molecule has 2 N–H and O–H groups in total. The molecule has 128 valence electrons. The summed E-state index contributed by atoms with van der Waals surface area (Å²) >= 11 is 0. The quantitative estimate of drug-likeness (QED) is 0.795. The van der Waals surface area contributed by atoms with Crippen molar-refractivity contribution in [2.75, 3.05) is 13.7 Å². The van der Waals surface area contributed by atoms with E-state index >= 15 is 0 Å². The third-order valence-electron chi connectivity index (χ3n) is 3.90. The van der Waals surface area contributed by atoms with Gasteiger partial charge in [0, 0.05) is 0 Å². The van der Waals surface area contributed by atoms with E-state index < -0.39 is 11.9 Å². The minimum Gasteiger partial charge on any atom is -0.493 e. The molecule has 7 heteroatoms.